The van der Waals surface area contributed by atoms with Crippen LogP contribution in [0.3, 0.4) is 0 Å². The van der Waals surface area contributed by atoms with Crippen LogP contribution in [0.25, 0.3) is 0 Å². The van der Waals surface area contributed by atoms with E-state index in [9.17, 15) is 15.0 Å². The second-order valence-electron chi connectivity index (χ2n) is 4.47. The Morgan fingerprint density at radius 3 is 2.64 bits per heavy atom. The maximum atomic E-state index is 11.3. The van der Waals surface area contributed by atoms with E-state index in [-0.39, 0.29) is 0 Å². The van der Waals surface area contributed by atoms with Gasteiger partial charge >= 0.3 is 5.97 Å². The topological polar surface area (TPSA) is 57.5 Å². The van der Waals surface area contributed by atoms with Crippen molar-refractivity contribution in [1.29, 1.82) is 0 Å². The molecule has 0 aromatic carbocycles. The van der Waals surface area contributed by atoms with E-state index in [4.69, 9.17) is 0 Å². The molecule has 14 heavy (non-hydrogen) atoms. The lowest BCUT2D eigenvalue weighted by Crippen LogP contribution is -2.47. The number of hydrogen-bond donors (Lipinski definition) is 2. The number of carboxylic acids is 1. The lowest BCUT2D eigenvalue weighted by molar-refractivity contribution is -0.156. The highest BCUT2D eigenvalue weighted by atomic mass is 32.2. The average Bonchev–Trinajstić information content (AvgIpc) is 2.92. The molecule has 0 amide bonds. The van der Waals surface area contributed by atoms with E-state index >= 15 is 0 Å². The highest BCUT2D eigenvalue weighted by molar-refractivity contribution is 7.99. The molecule has 0 spiro atoms. The summed E-state index contributed by atoms with van der Waals surface area (Å²) in [5.74, 6) is 1.23. The standard InChI is InChI=1S/C10H16O3S/c11-8-3-4-14-6-10(8,9(12)13)5-7-1-2-7/h7-8,11H,1-6H2,(H,12,13). The molecule has 2 fully saturated rings. The molecular formula is C10H16O3S. The average molecular weight is 216 g/mol. The van der Waals surface area contributed by atoms with Gasteiger partial charge in [-0.3, -0.25) is 4.79 Å². The van der Waals surface area contributed by atoms with Crippen LogP contribution in [0, 0.1) is 11.3 Å². The fourth-order valence-corrected chi connectivity index (χ4v) is 3.48. The zero-order valence-corrected chi connectivity index (χ0v) is 8.92. The summed E-state index contributed by atoms with van der Waals surface area (Å²) in [4.78, 5) is 11.3. The molecule has 0 bridgehead atoms. The lowest BCUT2D eigenvalue weighted by atomic mass is 9.77. The van der Waals surface area contributed by atoms with Crippen molar-refractivity contribution in [2.75, 3.05) is 11.5 Å². The number of aliphatic carboxylic acids is 1. The van der Waals surface area contributed by atoms with Crippen LogP contribution in [-0.4, -0.2) is 33.8 Å². The minimum atomic E-state index is -0.843. The molecule has 80 valence electrons. The Balaban J connectivity index is 2.13. The molecule has 1 aliphatic carbocycles. The summed E-state index contributed by atoms with van der Waals surface area (Å²) in [6.45, 7) is 0. The zero-order chi connectivity index (χ0) is 10.2. The first-order valence-electron chi connectivity index (χ1n) is 5.14. The van der Waals surface area contributed by atoms with E-state index in [2.05, 4.69) is 0 Å². The van der Waals surface area contributed by atoms with Gasteiger partial charge in [-0.2, -0.15) is 11.8 Å². The first kappa shape index (κ1) is 10.3. The van der Waals surface area contributed by atoms with Gasteiger partial charge in [0.2, 0.25) is 0 Å². The van der Waals surface area contributed by atoms with Gasteiger partial charge in [0.1, 0.15) is 5.41 Å². The fraction of sp³-hybridized carbons (Fsp3) is 0.900. The molecule has 0 aromatic rings. The molecule has 3 nitrogen and oxygen atoms in total. The number of rotatable bonds is 3. The molecule has 0 aromatic heterocycles. The van der Waals surface area contributed by atoms with Crippen LogP contribution >= 0.6 is 11.8 Å². The second kappa shape index (κ2) is 3.74. The molecule has 2 atom stereocenters. The lowest BCUT2D eigenvalue weighted by Gasteiger charge is -2.37. The summed E-state index contributed by atoms with van der Waals surface area (Å²) in [6.07, 6.45) is 2.96. The number of carboxylic acid groups (broad SMARTS) is 1. The highest BCUT2D eigenvalue weighted by Gasteiger charge is 2.49. The molecule has 1 heterocycles. The van der Waals surface area contributed by atoms with E-state index in [1.54, 1.807) is 11.8 Å². The number of carbonyl (C=O) groups is 1. The molecule has 0 radical (unpaired) electrons. The van der Waals surface area contributed by atoms with Gasteiger partial charge in [0, 0.05) is 5.75 Å². The third-order valence-corrected chi connectivity index (χ3v) is 4.55. The molecular weight excluding hydrogens is 200 g/mol. The van der Waals surface area contributed by atoms with E-state index in [1.165, 1.54) is 0 Å². The predicted molar refractivity (Wildman–Crippen MR) is 55.4 cm³/mol. The summed E-state index contributed by atoms with van der Waals surface area (Å²) >= 11 is 1.66. The van der Waals surface area contributed by atoms with Gasteiger partial charge in [-0.15, -0.1) is 0 Å². The normalized spacial score (nSPS) is 38.2. The van der Waals surface area contributed by atoms with Crippen LogP contribution in [0.15, 0.2) is 0 Å². The number of aliphatic hydroxyl groups excluding tert-OH is 1. The fourth-order valence-electron chi connectivity index (χ4n) is 2.15. The maximum Gasteiger partial charge on any atom is 0.313 e. The molecule has 1 saturated carbocycles. The van der Waals surface area contributed by atoms with Crippen molar-refractivity contribution in [3.05, 3.63) is 0 Å². The van der Waals surface area contributed by atoms with Crippen molar-refractivity contribution in [2.45, 2.75) is 31.8 Å². The monoisotopic (exact) mass is 216 g/mol. The minimum Gasteiger partial charge on any atom is -0.481 e. The Morgan fingerprint density at radius 2 is 2.14 bits per heavy atom. The van der Waals surface area contributed by atoms with Gasteiger partial charge in [0.15, 0.2) is 0 Å². The molecule has 2 N–H and O–H groups in total. The van der Waals surface area contributed by atoms with Crippen molar-refractivity contribution in [3.63, 3.8) is 0 Å². The van der Waals surface area contributed by atoms with Crippen molar-refractivity contribution in [2.24, 2.45) is 11.3 Å². The first-order valence-corrected chi connectivity index (χ1v) is 6.30. The SMILES string of the molecule is O=C(O)C1(CC2CC2)CSCCC1O. The third kappa shape index (κ3) is 1.77. The van der Waals surface area contributed by atoms with Crippen LogP contribution in [-0.2, 0) is 4.79 Å². The Labute approximate surface area is 87.9 Å². The number of aliphatic hydroxyl groups is 1. The van der Waals surface area contributed by atoms with E-state index in [1.807, 2.05) is 0 Å². The summed E-state index contributed by atoms with van der Waals surface area (Å²) in [7, 11) is 0. The molecule has 1 aliphatic heterocycles. The predicted octanol–water partition coefficient (Wildman–Crippen LogP) is 1.36. The van der Waals surface area contributed by atoms with Gasteiger partial charge in [0.25, 0.3) is 0 Å². The maximum absolute atomic E-state index is 11.3. The first-order chi connectivity index (χ1) is 6.65. The Hall–Kier alpha value is -0.220. The van der Waals surface area contributed by atoms with Gasteiger partial charge in [-0.1, -0.05) is 12.8 Å². The summed E-state index contributed by atoms with van der Waals surface area (Å²) in [6, 6.07) is 0. The Bertz CT molecular complexity index is 240. The second-order valence-corrected chi connectivity index (χ2v) is 5.57. The van der Waals surface area contributed by atoms with Crippen LogP contribution in [0.4, 0.5) is 0 Å². The Morgan fingerprint density at radius 1 is 1.43 bits per heavy atom. The summed E-state index contributed by atoms with van der Waals surface area (Å²) in [5, 5.41) is 19.1. The molecule has 2 unspecified atom stereocenters. The van der Waals surface area contributed by atoms with Crippen molar-refractivity contribution < 1.29 is 15.0 Å². The van der Waals surface area contributed by atoms with Crippen molar-refractivity contribution in [1.82, 2.24) is 0 Å². The smallest absolute Gasteiger partial charge is 0.313 e. The molecule has 2 aliphatic rings. The van der Waals surface area contributed by atoms with E-state index in [0.717, 1.165) is 18.6 Å². The van der Waals surface area contributed by atoms with Crippen molar-refractivity contribution >= 4 is 17.7 Å². The number of thioether (sulfide) groups is 1. The van der Waals surface area contributed by atoms with Gasteiger partial charge in [-0.05, 0) is 24.5 Å². The van der Waals surface area contributed by atoms with Crippen molar-refractivity contribution in [3.8, 4) is 0 Å². The van der Waals surface area contributed by atoms with Crippen LogP contribution in [0.5, 0.6) is 0 Å². The molecule has 1 saturated heterocycles. The molecule has 4 heteroatoms. The summed E-state index contributed by atoms with van der Waals surface area (Å²) in [5.41, 5.74) is -0.843. The highest BCUT2D eigenvalue weighted by Crippen LogP contribution is 2.46. The molecule has 2 rings (SSSR count). The zero-order valence-electron chi connectivity index (χ0n) is 8.11. The van der Waals surface area contributed by atoms with Gasteiger partial charge in [0.05, 0.1) is 6.10 Å². The largest absolute Gasteiger partial charge is 0.481 e. The van der Waals surface area contributed by atoms with Gasteiger partial charge < -0.3 is 10.2 Å². The van der Waals surface area contributed by atoms with E-state index < -0.39 is 17.5 Å². The summed E-state index contributed by atoms with van der Waals surface area (Å²) < 4.78 is 0. The quantitative estimate of drug-likeness (QED) is 0.748. The van der Waals surface area contributed by atoms with Gasteiger partial charge in [-0.25, -0.2) is 0 Å². The van der Waals surface area contributed by atoms with Crippen LogP contribution < -0.4 is 0 Å². The van der Waals surface area contributed by atoms with Crippen LogP contribution in [0.2, 0.25) is 0 Å². The van der Waals surface area contributed by atoms with Crippen LogP contribution in [0.1, 0.15) is 25.7 Å². The number of hydrogen-bond acceptors (Lipinski definition) is 3. The Kier molecular flexibility index (Phi) is 2.75. The third-order valence-electron chi connectivity index (χ3n) is 3.31. The van der Waals surface area contributed by atoms with E-state index in [0.29, 0.717) is 24.5 Å². The minimum absolute atomic E-state index is 0.555.